The van der Waals surface area contributed by atoms with E-state index in [1.807, 2.05) is 19.9 Å². The molecule has 0 saturated heterocycles. The molecular formula is C18H22N2O6S. The topological polar surface area (TPSA) is 117 Å². The van der Waals surface area contributed by atoms with E-state index >= 15 is 0 Å². The second-order valence-corrected chi connectivity index (χ2v) is 8.57. The van der Waals surface area contributed by atoms with Gasteiger partial charge in [-0.3, -0.25) is 4.79 Å². The van der Waals surface area contributed by atoms with Gasteiger partial charge in [-0.25, -0.2) is 17.5 Å². The first-order valence-corrected chi connectivity index (χ1v) is 9.52. The molecule has 2 aromatic rings. The van der Waals surface area contributed by atoms with E-state index in [1.54, 1.807) is 12.1 Å². The van der Waals surface area contributed by atoms with E-state index in [4.69, 9.17) is 4.42 Å². The van der Waals surface area contributed by atoms with Crippen molar-refractivity contribution in [3.05, 3.63) is 52.3 Å². The third-order valence-corrected chi connectivity index (χ3v) is 5.65. The van der Waals surface area contributed by atoms with Crippen LogP contribution < -0.4 is 5.32 Å². The Bertz CT molecular complexity index is 971. The molecule has 0 radical (unpaired) electrons. The Labute approximate surface area is 157 Å². The lowest BCUT2D eigenvalue weighted by Gasteiger charge is -2.16. The smallest absolute Gasteiger partial charge is 0.330 e. The van der Waals surface area contributed by atoms with E-state index in [1.165, 1.54) is 21.0 Å². The van der Waals surface area contributed by atoms with Gasteiger partial charge in [0, 0.05) is 20.2 Å². The highest BCUT2D eigenvalue weighted by molar-refractivity contribution is 7.88. The molecule has 0 spiro atoms. The Morgan fingerprint density at radius 2 is 1.63 bits per heavy atom. The summed E-state index contributed by atoms with van der Waals surface area (Å²) in [5.41, 5.74) is 2.12. The quantitative estimate of drug-likeness (QED) is 0.774. The summed E-state index contributed by atoms with van der Waals surface area (Å²) < 4.78 is 30.5. The molecule has 0 aliphatic heterocycles. The lowest BCUT2D eigenvalue weighted by Crippen LogP contribution is -2.34. The number of aliphatic carboxylic acids is 1. The van der Waals surface area contributed by atoms with Gasteiger partial charge >= 0.3 is 5.97 Å². The molecule has 0 aliphatic carbocycles. The minimum atomic E-state index is -3.85. The van der Waals surface area contributed by atoms with Crippen LogP contribution in [0.1, 0.15) is 38.9 Å². The number of carbonyl (C=O) groups is 2. The summed E-state index contributed by atoms with van der Waals surface area (Å²) >= 11 is 0. The Balaban J connectivity index is 2.37. The number of carboxylic acids is 1. The number of nitrogens with zero attached hydrogens (tertiary/aromatic N) is 1. The molecule has 1 aromatic carbocycles. The molecule has 0 aliphatic rings. The second-order valence-electron chi connectivity index (χ2n) is 6.49. The number of hydrogen-bond acceptors (Lipinski definition) is 5. The molecule has 9 heteroatoms. The highest BCUT2D eigenvalue weighted by Gasteiger charge is 2.28. The van der Waals surface area contributed by atoms with Crippen LogP contribution in [0.4, 0.5) is 0 Å². The SMILES string of the molecule is Cc1cc(C)cc(C(NC(=O)c2cc(S(=O)(=O)N(C)C)oc2C)C(=O)O)c1. The van der Waals surface area contributed by atoms with E-state index in [2.05, 4.69) is 5.32 Å². The molecular weight excluding hydrogens is 372 g/mol. The van der Waals surface area contributed by atoms with Crippen molar-refractivity contribution in [1.82, 2.24) is 9.62 Å². The first kappa shape index (κ1) is 20.7. The summed E-state index contributed by atoms with van der Waals surface area (Å²) in [6.45, 7) is 5.10. The summed E-state index contributed by atoms with van der Waals surface area (Å²) in [4.78, 5) is 24.3. The minimum absolute atomic E-state index is 0.0361. The standard InChI is InChI=1S/C18H22N2O6S/c1-10-6-11(2)8-13(7-10)16(18(22)23)19-17(21)14-9-15(26-12(14)3)27(24,25)20(4)5/h6-9,16H,1-5H3,(H,19,21)(H,22,23). The number of carbonyl (C=O) groups excluding carboxylic acids is 1. The molecule has 1 unspecified atom stereocenters. The average Bonchev–Trinajstić information content (AvgIpc) is 2.93. The molecule has 1 atom stereocenters. The van der Waals surface area contributed by atoms with Crippen LogP contribution in [0.5, 0.6) is 0 Å². The van der Waals surface area contributed by atoms with Crippen molar-refractivity contribution in [2.75, 3.05) is 14.1 Å². The molecule has 1 amide bonds. The van der Waals surface area contributed by atoms with Crippen LogP contribution in [0.15, 0.2) is 33.8 Å². The van der Waals surface area contributed by atoms with Gasteiger partial charge in [-0.1, -0.05) is 29.3 Å². The lowest BCUT2D eigenvalue weighted by molar-refractivity contribution is -0.139. The predicted octanol–water partition coefficient (Wildman–Crippen LogP) is 2.01. The van der Waals surface area contributed by atoms with Crippen molar-refractivity contribution in [2.45, 2.75) is 31.9 Å². The van der Waals surface area contributed by atoms with Gasteiger partial charge in [-0.2, -0.15) is 0 Å². The van der Waals surface area contributed by atoms with Gasteiger partial charge in [0.15, 0.2) is 6.04 Å². The van der Waals surface area contributed by atoms with E-state index in [0.717, 1.165) is 21.5 Å². The number of furan rings is 1. The van der Waals surface area contributed by atoms with Crippen molar-refractivity contribution >= 4 is 21.9 Å². The molecule has 1 aromatic heterocycles. The summed E-state index contributed by atoms with van der Waals surface area (Å²) in [6, 6.07) is 5.06. The van der Waals surface area contributed by atoms with Gasteiger partial charge in [0.2, 0.25) is 5.09 Å². The molecule has 1 heterocycles. The predicted molar refractivity (Wildman–Crippen MR) is 98.1 cm³/mol. The normalized spacial score (nSPS) is 12.8. The van der Waals surface area contributed by atoms with Gasteiger partial charge in [0.25, 0.3) is 15.9 Å². The van der Waals surface area contributed by atoms with Crippen molar-refractivity contribution in [3.63, 3.8) is 0 Å². The molecule has 0 saturated carbocycles. The second kappa shape index (κ2) is 7.53. The van der Waals surface area contributed by atoms with E-state index in [9.17, 15) is 23.1 Å². The van der Waals surface area contributed by atoms with E-state index in [-0.39, 0.29) is 16.4 Å². The van der Waals surface area contributed by atoms with Crippen molar-refractivity contribution in [1.29, 1.82) is 0 Å². The number of benzene rings is 1. The van der Waals surface area contributed by atoms with Crippen LogP contribution in [-0.2, 0) is 14.8 Å². The number of amides is 1. The summed E-state index contributed by atoms with van der Waals surface area (Å²) in [6.07, 6.45) is 0. The number of hydrogen-bond donors (Lipinski definition) is 2. The molecule has 2 N–H and O–H groups in total. The van der Waals surface area contributed by atoms with Gasteiger partial charge < -0.3 is 14.8 Å². The zero-order chi connectivity index (χ0) is 20.5. The van der Waals surface area contributed by atoms with Gasteiger partial charge in [-0.05, 0) is 26.3 Å². The number of rotatable bonds is 6. The number of aryl methyl sites for hydroxylation is 3. The largest absolute Gasteiger partial charge is 0.479 e. The first-order chi connectivity index (χ1) is 12.4. The summed E-state index contributed by atoms with van der Waals surface area (Å²) in [5.74, 6) is -1.88. The number of nitrogens with one attached hydrogen (secondary N) is 1. The summed E-state index contributed by atoms with van der Waals surface area (Å²) in [7, 11) is -1.17. The Morgan fingerprint density at radius 1 is 1.07 bits per heavy atom. The van der Waals surface area contributed by atoms with Gasteiger partial charge in [-0.15, -0.1) is 0 Å². The fourth-order valence-corrected chi connectivity index (χ4v) is 3.52. The van der Waals surface area contributed by atoms with E-state index < -0.39 is 27.9 Å². The van der Waals surface area contributed by atoms with Crippen LogP contribution in [0.3, 0.4) is 0 Å². The molecule has 0 bridgehead atoms. The maximum absolute atomic E-state index is 12.6. The maximum Gasteiger partial charge on any atom is 0.330 e. The van der Waals surface area contributed by atoms with E-state index in [0.29, 0.717) is 5.56 Å². The van der Waals surface area contributed by atoms with Crippen LogP contribution in [0.2, 0.25) is 0 Å². The lowest BCUT2D eigenvalue weighted by atomic mass is 10.0. The van der Waals surface area contributed by atoms with Crippen molar-refractivity contribution in [2.24, 2.45) is 0 Å². The molecule has 2 rings (SSSR count). The highest BCUT2D eigenvalue weighted by atomic mass is 32.2. The van der Waals surface area contributed by atoms with Crippen LogP contribution in [-0.4, -0.2) is 43.8 Å². The van der Waals surface area contributed by atoms with Gasteiger partial charge in [0.1, 0.15) is 5.76 Å². The molecule has 0 fully saturated rings. The fraction of sp³-hybridized carbons (Fsp3) is 0.333. The van der Waals surface area contributed by atoms with Crippen LogP contribution >= 0.6 is 0 Å². The average molecular weight is 394 g/mol. The molecule has 8 nitrogen and oxygen atoms in total. The van der Waals surface area contributed by atoms with Crippen molar-refractivity contribution in [3.8, 4) is 0 Å². The molecule has 146 valence electrons. The highest BCUT2D eigenvalue weighted by Crippen LogP contribution is 2.23. The van der Waals surface area contributed by atoms with Crippen LogP contribution in [0, 0.1) is 20.8 Å². The first-order valence-electron chi connectivity index (χ1n) is 8.08. The Kier molecular flexibility index (Phi) is 5.76. The minimum Gasteiger partial charge on any atom is -0.479 e. The fourth-order valence-electron chi connectivity index (χ4n) is 2.66. The number of carboxylic acid groups (broad SMARTS) is 1. The van der Waals surface area contributed by atoms with Crippen LogP contribution in [0.25, 0.3) is 0 Å². The monoisotopic (exact) mass is 394 g/mol. The Morgan fingerprint density at radius 3 is 2.11 bits per heavy atom. The zero-order valence-corrected chi connectivity index (χ0v) is 16.5. The Hall–Kier alpha value is -2.65. The summed E-state index contributed by atoms with van der Waals surface area (Å²) in [5, 5.41) is 11.6. The van der Waals surface area contributed by atoms with Gasteiger partial charge in [0.05, 0.1) is 5.56 Å². The third kappa shape index (κ3) is 4.37. The maximum atomic E-state index is 12.6. The molecule has 27 heavy (non-hydrogen) atoms. The zero-order valence-electron chi connectivity index (χ0n) is 15.7. The third-order valence-electron chi connectivity index (χ3n) is 3.97. The van der Waals surface area contributed by atoms with Crippen molar-refractivity contribution < 1.29 is 27.5 Å². The number of sulfonamides is 1.